The minimum atomic E-state index is -0.0920. The van der Waals surface area contributed by atoms with Gasteiger partial charge in [0.05, 0.1) is 5.69 Å². The number of nitrogens with two attached hydrogens (primary N) is 1. The molecule has 5 nitrogen and oxygen atoms in total. The molecule has 0 aliphatic heterocycles. The molecule has 0 aliphatic carbocycles. The summed E-state index contributed by atoms with van der Waals surface area (Å²) in [6, 6.07) is 11.7. The molecule has 3 N–H and O–H groups in total. The van der Waals surface area contributed by atoms with Gasteiger partial charge in [-0.2, -0.15) is 4.98 Å². The SMILES string of the molecule is CN(Cc1ccccc1)Cc1cc(O)nc(N)n1. The number of hydrogen-bond acceptors (Lipinski definition) is 5. The zero-order valence-electron chi connectivity index (χ0n) is 10.2. The van der Waals surface area contributed by atoms with Gasteiger partial charge in [0.2, 0.25) is 11.8 Å². The van der Waals surface area contributed by atoms with E-state index in [1.165, 1.54) is 11.6 Å². The highest BCUT2D eigenvalue weighted by atomic mass is 16.3. The predicted molar refractivity (Wildman–Crippen MR) is 69.7 cm³/mol. The summed E-state index contributed by atoms with van der Waals surface area (Å²) >= 11 is 0. The van der Waals surface area contributed by atoms with E-state index in [1.54, 1.807) is 0 Å². The lowest BCUT2D eigenvalue weighted by Crippen LogP contribution is -2.18. The monoisotopic (exact) mass is 244 g/mol. The Kier molecular flexibility index (Phi) is 3.74. The zero-order chi connectivity index (χ0) is 13.0. The summed E-state index contributed by atoms with van der Waals surface area (Å²) in [6.45, 7) is 1.42. The molecule has 1 heterocycles. The summed E-state index contributed by atoms with van der Waals surface area (Å²) < 4.78 is 0. The van der Waals surface area contributed by atoms with Crippen molar-refractivity contribution >= 4 is 5.95 Å². The summed E-state index contributed by atoms with van der Waals surface area (Å²) in [5.74, 6) is 0.00345. The minimum absolute atomic E-state index is 0.0920. The van der Waals surface area contributed by atoms with Crippen LogP contribution in [0.2, 0.25) is 0 Å². The number of rotatable bonds is 4. The first kappa shape index (κ1) is 12.3. The Morgan fingerprint density at radius 2 is 1.89 bits per heavy atom. The molecule has 2 rings (SSSR count). The summed E-state index contributed by atoms with van der Waals surface area (Å²) in [5.41, 5.74) is 7.42. The van der Waals surface area contributed by atoms with Gasteiger partial charge in [-0.15, -0.1) is 0 Å². The van der Waals surface area contributed by atoms with Crippen LogP contribution in [0.3, 0.4) is 0 Å². The molecule has 0 amide bonds. The van der Waals surface area contributed by atoms with Gasteiger partial charge in [-0.1, -0.05) is 30.3 Å². The molecule has 0 radical (unpaired) electrons. The van der Waals surface area contributed by atoms with Gasteiger partial charge in [0, 0.05) is 19.2 Å². The van der Waals surface area contributed by atoms with Crippen molar-refractivity contribution in [3.8, 4) is 5.88 Å². The highest BCUT2D eigenvalue weighted by Crippen LogP contribution is 2.11. The molecule has 0 spiro atoms. The van der Waals surface area contributed by atoms with Crippen molar-refractivity contribution < 1.29 is 5.11 Å². The van der Waals surface area contributed by atoms with E-state index in [9.17, 15) is 5.11 Å². The number of anilines is 1. The summed E-state index contributed by atoms with van der Waals surface area (Å²) in [5, 5.41) is 9.35. The molecule has 1 aromatic carbocycles. The summed E-state index contributed by atoms with van der Waals surface area (Å²) in [7, 11) is 1.99. The van der Waals surface area contributed by atoms with Crippen LogP contribution in [-0.4, -0.2) is 27.0 Å². The van der Waals surface area contributed by atoms with Crippen molar-refractivity contribution in [1.29, 1.82) is 0 Å². The Morgan fingerprint density at radius 3 is 2.56 bits per heavy atom. The minimum Gasteiger partial charge on any atom is -0.493 e. The largest absolute Gasteiger partial charge is 0.493 e. The van der Waals surface area contributed by atoms with Crippen molar-refractivity contribution in [1.82, 2.24) is 14.9 Å². The second-order valence-corrected chi connectivity index (χ2v) is 4.23. The first-order valence-electron chi connectivity index (χ1n) is 5.68. The third-order valence-corrected chi connectivity index (χ3v) is 2.51. The van der Waals surface area contributed by atoms with E-state index >= 15 is 0 Å². The van der Waals surface area contributed by atoms with Crippen LogP contribution in [-0.2, 0) is 13.1 Å². The smallest absolute Gasteiger partial charge is 0.223 e. The van der Waals surface area contributed by atoms with Crippen LogP contribution >= 0.6 is 0 Å². The fourth-order valence-corrected chi connectivity index (χ4v) is 1.81. The average Bonchev–Trinajstić information content (AvgIpc) is 2.28. The molecule has 0 bridgehead atoms. The maximum Gasteiger partial charge on any atom is 0.223 e. The Bertz CT molecular complexity index is 495. The second kappa shape index (κ2) is 5.46. The van der Waals surface area contributed by atoms with Gasteiger partial charge in [-0.05, 0) is 12.6 Å². The number of nitrogen functional groups attached to an aromatic ring is 1. The van der Waals surface area contributed by atoms with E-state index < -0.39 is 0 Å². The summed E-state index contributed by atoms with van der Waals surface area (Å²) in [6.07, 6.45) is 0. The van der Waals surface area contributed by atoms with Gasteiger partial charge in [0.1, 0.15) is 0 Å². The van der Waals surface area contributed by atoms with E-state index in [2.05, 4.69) is 27.0 Å². The molecular formula is C13H16N4O. The lowest BCUT2D eigenvalue weighted by molar-refractivity contribution is 0.314. The molecule has 18 heavy (non-hydrogen) atoms. The highest BCUT2D eigenvalue weighted by Gasteiger charge is 2.05. The van der Waals surface area contributed by atoms with Crippen LogP contribution in [0.1, 0.15) is 11.3 Å². The Balaban J connectivity index is 2.01. The number of aromatic nitrogens is 2. The Morgan fingerprint density at radius 1 is 1.17 bits per heavy atom. The molecule has 0 saturated heterocycles. The maximum absolute atomic E-state index is 9.35. The van der Waals surface area contributed by atoms with Gasteiger partial charge in [0.25, 0.3) is 0 Å². The molecule has 0 fully saturated rings. The van der Waals surface area contributed by atoms with Crippen molar-refractivity contribution in [2.75, 3.05) is 12.8 Å². The normalized spacial score (nSPS) is 10.8. The van der Waals surface area contributed by atoms with Crippen LogP contribution in [0, 0.1) is 0 Å². The lowest BCUT2D eigenvalue weighted by atomic mass is 10.2. The van der Waals surface area contributed by atoms with Gasteiger partial charge in [-0.25, -0.2) is 4.98 Å². The highest BCUT2D eigenvalue weighted by molar-refractivity contribution is 5.25. The van der Waals surface area contributed by atoms with Crippen molar-refractivity contribution in [2.24, 2.45) is 0 Å². The van der Waals surface area contributed by atoms with E-state index in [1.807, 2.05) is 25.2 Å². The molecule has 5 heteroatoms. The molecule has 0 unspecified atom stereocenters. The van der Waals surface area contributed by atoms with Gasteiger partial charge < -0.3 is 10.8 Å². The van der Waals surface area contributed by atoms with Gasteiger partial charge >= 0.3 is 0 Å². The molecule has 0 atom stereocenters. The second-order valence-electron chi connectivity index (χ2n) is 4.23. The van der Waals surface area contributed by atoms with E-state index in [4.69, 9.17) is 5.73 Å². The zero-order valence-corrected chi connectivity index (χ0v) is 10.2. The number of aromatic hydroxyl groups is 1. The van der Waals surface area contributed by atoms with Crippen LogP contribution in [0.5, 0.6) is 5.88 Å². The molecule has 2 aromatic rings. The predicted octanol–water partition coefficient (Wildman–Crippen LogP) is 1.40. The van der Waals surface area contributed by atoms with Crippen molar-refractivity contribution in [2.45, 2.75) is 13.1 Å². The van der Waals surface area contributed by atoms with E-state index in [-0.39, 0.29) is 11.8 Å². The number of hydrogen-bond donors (Lipinski definition) is 2. The van der Waals surface area contributed by atoms with E-state index in [0.29, 0.717) is 12.2 Å². The third kappa shape index (κ3) is 3.43. The lowest BCUT2D eigenvalue weighted by Gasteiger charge is -2.16. The quantitative estimate of drug-likeness (QED) is 0.850. The van der Waals surface area contributed by atoms with Gasteiger partial charge in [-0.3, -0.25) is 4.90 Å². The van der Waals surface area contributed by atoms with Crippen LogP contribution in [0.25, 0.3) is 0 Å². The molecule has 94 valence electrons. The molecular weight excluding hydrogens is 228 g/mol. The topological polar surface area (TPSA) is 75.3 Å². The number of benzene rings is 1. The standard InChI is InChI=1S/C13H16N4O/c1-17(8-10-5-3-2-4-6-10)9-11-7-12(18)16-13(14)15-11/h2-7H,8-9H2,1H3,(H3,14,15,16,18). The maximum atomic E-state index is 9.35. The molecule has 1 aromatic heterocycles. The van der Waals surface area contributed by atoms with Crippen LogP contribution < -0.4 is 5.73 Å². The van der Waals surface area contributed by atoms with Crippen molar-refractivity contribution in [3.05, 3.63) is 47.7 Å². The Hall–Kier alpha value is -2.14. The third-order valence-electron chi connectivity index (χ3n) is 2.51. The summed E-state index contributed by atoms with van der Waals surface area (Å²) in [4.78, 5) is 9.80. The first-order valence-corrected chi connectivity index (χ1v) is 5.68. The van der Waals surface area contributed by atoms with Crippen molar-refractivity contribution in [3.63, 3.8) is 0 Å². The van der Waals surface area contributed by atoms with Crippen LogP contribution in [0.4, 0.5) is 5.95 Å². The average molecular weight is 244 g/mol. The molecule has 0 saturated carbocycles. The van der Waals surface area contributed by atoms with Gasteiger partial charge in [0.15, 0.2) is 0 Å². The fraction of sp³-hybridized carbons (Fsp3) is 0.231. The van der Waals surface area contributed by atoms with E-state index in [0.717, 1.165) is 6.54 Å². The fourth-order valence-electron chi connectivity index (χ4n) is 1.81. The first-order chi connectivity index (χ1) is 8.63. The molecule has 0 aliphatic rings. The van der Waals surface area contributed by atoms with Crippen LogP contribution in [0.15, 0.2) is 36.4 Å². The number of nitrogens with zero attached hydrogens (tertiary/aromatic N) is 3. The Labute approximate surface area is 106 Å².